The summed E-state index contributed by atoms with van der Waals surface area (Å²) in [6.07, 6.45) is 4.35. The number of hydrogen-bond acceptors (Lipinski definition) is 4. The highest BCUT2D eigenvalue weighted by atomic mass is 19.1. The van der Waals surface area contributed by atoms with Gasteiger partial charge < -0.3 is 10.1 Å². The van der Waals surface area contributed by atoms with E-state index in [0.717, 1.165) is 17.5 Å². The second kappa shape index (κ2) is 8.13. The first-order valence-electron chi connectivity index (χ1n) is 8.10. The second-order valence-electron chi connectivity index (χ2n) is 5.72. The van der Waals surface area contributed by atoms with E-state index in [1.54, 1.807) is 43.8 Å². The second-order valence-corrected chi connectivity index (χ2v) is 5.72. The fourth-order valence-corrected chi connectivity index (χ4v) is 2.56. The molecule has 0 saturated heterocycles. The molecular weight excluding hydrogens is 349 g/mol. The molecule has 3 aromatic rings. The van der Waals surface area contributed by atoms with E-state index in [0.29, 0.717) is 17.0 Å². The summed E-state index contributed by atoms with van der Waals surface area (Å²) in [5.74, 6) is 0.226. The highest BCUT2D eigenvalue weighted by molar-refractivity contribution is 5.96. The zero-order valence-electron chi connectivity index (χ0n) is 14.6. The van der Waals surface area contributed by atoms with E-state index >= 15 is 0 Å². The molecule has 0 aliphatic heterocycles. The van der Waals surface area contributed by atoms with Gasteiger partial charge in [0.15, 0.2) is 0 Å². The number of hydrogen-bond donors (Lipinski definition) is 3. The van der Waals surface area contributed by atoms with Crippen LogP contribution in [0.3, 0.4) is 0 Å². The topological polar surface area (TPSA) is 94.1 Å². The Morgan fingerprint density at radius 2 is 2.11 bits per heavy atom. The number of nitrogens with one attached hydrogen (secondary N) is 3. The van der Waals surface area contributed by atoms with Gasteiger partial charge in [-0.2, -0.15) is 5.10 Å². The number of amides is 2. The molecule has 0 aliphatic rings. The molecule has 2 amide bonds. The third kappa shape index (κ3) is 4.30. The summed E-state index contributed by atoms with van der Waals surface area (Å²) in [5.41, 5.74) is 2.93. The Morgan fingerprint density at radius 1 is 1.33 bits per heavy atom. The molecule has 0 bridgehead atoms. The van der Waals surface area contributed by atoms with E-state index in [1.807, 2.05) is 6.07 Å². The minimum absolute atomic E-state index is 0.153. The number of benzene rings is 2. The van der Waals surface area contributed by atoms with Crippen molar-refractivity contribution in [1.82, 2.24) is 15.1 Å². The highest BCUT2D eigenvalue weighted by Gasteiger charge is 2.14. The van der Waals surface area contributed by atoms with Crippen LogP contribution >= 0.6 is 0 Å². The molecule has 0 atom stereocenters. The van der Waals surface area contributed by atoms with Crippen LogP contribution in [0, 0.1) is 11.2 Å². The first-order chi connectivity index (χ1) is 13.1. The van der Waals surface area contributed by atoms with Crippen molar-refractivity contribution in [3.63, 3.8) is 0 Å². The van der Waals surface area contributed by atoms with Crippen LogP contribution in [-0.2, 0) is 6.54 Å². The van der Waals surface area contributed by atoms with Gasteiger partial charge in [-0.3, -0.25) is 15.4 Å². The number of nitrogens with zero attached hydrogens (tertiary/aromatic N) is 2. The molecule has 0 spiro atoms. The summed E-state index contributed by atoms with van der Waals surface area (Å²) in [6.45, 7) is 0.153. The minimum atomic E-state index is -0.479. The van der Waals surface area contributed by atoms with Gasteiger partial charge in [-0.1, -0.05) is 12.1 Å². The van der Waals surface area contributed by atoms with Crippen LogP contribution in [0.4, 0.5) is 14.9 Å². The maximum Gasteiger partial charge on any atom is 0.327 e. The predicted molar refractivity (Wildman–Crippen MR) is 100 cm³/mol. The van der Waals surface area contributed by atoms with Gasteiger partial charge in [0.2, 0.25) is 0 Å². The molecule has 138 valence electrons. The smallest absolute Gasteiger partial charge is 0.327 e. The van der Waals surface area contributed by atoms with Gasteiger partial charge in [0.25, 0.3) is 0 Å². The molecule has 1 aromatic heterocycles. The van der Waals surface area contributed by atoms with Crippen LogP contribution in [0.2, 0.25) is 0 Å². The van der Waals surface area contributed by atoms with Crippen LogP contribution in [0.5, 0.6) is 5.75 Å². The van der Waals surface area contributed by atoms with E-state index in [9.17, 15) is 9.18 Å². The van der Waals surface area contributed by atoms with Crippen molar-refractivity contribution in [1.29, 1.82) is 5.41 Å². The molecule has 0 aliphatic carbocycles. The first-order valence-corrected chi connectivity index (χ1v) is 8.10. The lowest BCUT2D eigenvalue weighted by Gasteiger charge is -2.18. The van der Waals surface area contributed by atoms with Crippen molar-refractivity contribution < 1.29 is 13.9 Å². The van der Waals surface area contributed by atoms with Gasteiger partial charge in [0.1, 0.15) is 11.6 Å². The van der Waals surface area contributed by atoms with E-state index in [2.05, 4.69) is 15.5 Å². The zero-order valence-corrected chi connectivity index (χ0v) is 14.6. The average Bonchev–Trinajstić information content (AvgIpc) is 3.21. The van der Waals surface area contributed by atoms with E-state index in [1.165, 1.54) is 17.0 Å². The number of rotatable bonds is 6. The van der Waals surface area contributed by atoms with Crippen LogP contribution in [0.1, 0.15) is 5.56 Å². The number of carbonyl (C=O) groups is 1. The van der Waals surface area contributed by atoms with Crippen molar-refractivity contribution in [2.24, 2.45) is 0 Å². The maximum absolute atomic E-state index is 13.0. The summed E-state index contributed by atoms with van der Waals surface area (Å²) < 4.78 is 18.4. The Hall–Kier alpha value is -3.68. The number of H-pyrrole nitrogens is 1. The fraction of sp³-hybridized carbons (Fsp3) is 0.105. The lowest BCUT2D eigenvalue weighted by atomic mass is 10.1. The van der Waals surface area contributed by atoms with Crippen LogP contribution in [-0.4, -0.2) is 34.6 Å². The molecule has 3 N–H and O–H groups in total. The van der Waals surface area contributed by atoms with Gasteiger partial charge >= 0.3 is 6.03 Å². The quantitative estimate of drug-likeness (QED) is 0.456. The Kier molecular flexibility index (Phi) is 5.46. The molecule has 0 radical (unpaired) electrons. The van der Waals surface area contributed by atoms with Crippen molar-refractivity contribution in [3.8, 4) is 16.9 Å². The first kappa shape index (κ1) is 18.1. The zero-order chi connectivity index (χ0) is 19.2. The average molecular weight is 367 g/mol. The number of aromatic amines is 1. The summed E-state index contributed by atoms with van der Waals surface area (Å²) >= 11 is 0. The molecule has 2 aromatic carbocycles. The number of urea groups is 1. The molecule has 0 unspecified atom stereocenters. The number of aromatic nitrogens is 2. The Labute approximate surface area is 155 Å². The Balaban J connectivity index is 1.74. The monoisotopic (exact) mass is 367 g/mol. The number of carbonyl (C=O) groups excluding carboxylic acids is 1. The molecule has 1 heterocycles. The third-order valence-electron chi connectivity index (χ3n) is 3.94. The summed E-state index contributed by atoms with van der Waals surface area (Å²) in [4.78, 5) is 13.6. The van der Waals surface area contributed by atoms with Crippen LogP contribution in [0.15, 0.2) is 54.9 Å². The standard InChI is InChI=1S/C19H18FN5O2/c1-27-18-8-16(6-7-17(18)14-9-22-23-10-14)24-19(26)25(12-21)11-13-2-4-15(20)5-3-13/h2-10,12,21H,11H2,1H3,(H,22,23)(H,24,26). The summed E-state index contributed by atoms with van der Waals surface area (Å²) in [6, 6.07) is 10.5. The molecule has 0 fully saturated rings. The van der Waals surface area contributed by atoms with Crippen molar-refractivity contribution in [2.75, 3.05) is 12.4 Å². The fourth-order valence-electron chi connectivity index (χ4n) is 2.56. The maximum atomic E-state index is 13.0. The molecular formula is C19H18FN5O2. The normalized spacial score (nSPS) is 10.3. The van der Waals surface area contributed by atoms with Gasteiger partial charge in [0.05, 0.1) is 26.2 Å². The summed E-state index contributed by atoms with van der Waals surface area (Å²) in [5, 5.41) is 16.9. The molecule has 7 nitrogen and oxygen atoms in total. The Morgan fingerprint density at radius 3 is 2.74 bits per heavy atom. The van der Waals surface area contributed by atoms with Gasteiger partial charge in [-0.25, -0.2) is 9.18 Å². The van der Waals surface area contributed by atoms with Gasteiger partial charge in [-0.05, 0) is 29.8 Å². The lowest BCUT2D eigenvalue weighted by molar-refractivity contribution is 0.233. The van der Waals surface area contributed by atoms with Crippen molar-refractivity contribution in [3.05, 3.63) is 66.2 Å². The molecule has 0 saturated carbocycles. The van der Waals surface area contributed by atoms with Crippen molar-refractivity contribution in [2.45, 2.75) is 6.54 Å². The van der Waals surface area contributed by atoms with Gasteiger partial charge in [-0.15, -0.1) is 0 Å². The molecule has 3 rings (SSSR count). The van der Waals surface area contributed by atoms with Crippen LogP contribution < -0.4 is 10.1 Å². The highest BCUT2D eigenvalue weighted by Crippen LogP contribution is 2.31. The predicted octanol–water partition coefficient (Wildman–Crippen LogP) is 3.87. The summed E-state index contributed by atoms with van der Waals surface area (Å²) in [7, 11) is 1.54. The van der Waals surface area contributed by atoms with E-state index in [-0.39, 0.29) is 12.4 Å². The van der Waals surface area contributed by atoms with Crippen LogP contribution in [0.25, 0.3) is 11.1 Å². The number of ether oxygens (including phenoxy) is 1. The van der Waals surface area contributed by atoms with Crippen molar-refractivity contribution >= 4 is 18.1 Å². The van der Waals surface area contributed by atoms with E-state index < -0.39 is 6.03 Å². The number of methoxy groups -OCH3 is 1. The SMILES string of the molecule is COc1cc(NC(=O)N(C=N)Cc2ccc(F)cc2)ccc1-c1cn[nH]c1. The lowest BCUT2D eigenvalue weighted by Crippen LogP contribution is -2.33. The number of anilines is 1. The minimum Gasteiger partial charge on any atom is -0.496 e. The molecule has 8 heteroatoms. The number of halogens is 1. The Bertz CT molecular complexity index is 926. The largest absolute Gasteiger partial charge is 0.496 e. The third-order valence-corrected chi connectivity index (χ3v) is 3.94. The molecule has 27 heavy (non-hydrogen) atoms. The van der Waals surface area contributed by atoms with Gasteiger partial charge in [0, 0.05) is 29.1 Å². The van der Waals surface area contributed by atoms with E-state index in [4.69, 9.17) is 10.1 Å².